The average Bonchev–Trinajstić information content (AvgIpc) is 2.78. The first-order chi connectivity index (χ1) is 17.3. The highest BCUT2D eigenvalue weighted by molar-refractivity contribution is 7.86. The molecule has 2 rings (SSSR count). The molecule has 0 radical (unpaired) electrons. The highest BCUT2D eigenvalue weighted by Crippen LogP contribution is 2.30. The van der Waals surface area contributed by atoms with Crippen molar-refractivity contribution in [3.63, 3.8) is 0 Å². The van der Waals surface area contributed by atoms with Crippen LogP contribution in [-0.2, 0) is 61.9 Å². The van der Waals surface area contributed by atoms with Crippen LogP contribution < -0.4 is 0 Å². The van der Waals surface area contributed by atoms with Crippen LogP contribution >= 0.6 is 0 Å². The molecular formula is C23H30O13S. The summed E-state index contributed by atoms with van der Waals surface area (Å²) in [6, 6.07) is 6.02. The molecule has 0 spiro atoms. The van der Waals surface area contributed by atoms with Gasteiger partial charge in [-0.05, 0) is 19.1 Å². The Balaban J connectivity index is 2.22. The molecule has 1 aliphatic rings. The van der Waals surface area contributed by atoms with Crippen LogP contribution in [0.15, 0.2) is 29.2 Å². The Kier molecular flexibility index (Phi) is 11.0. The van der Waals surface area contributed by atoms with Gasteiger partial charge in [0.25, 0.3) is 10.1 Å². The first kappa shape index (κ1) is 30.2. The van der Waals surface area contributed by atoms with Crippen molar-refractivity contribution in [3.05, 3.63) is 29.8 Å². The zero-order valence-corrected chi connectivity index (χ0v) is 21.8. The fourth-order valence-electron chi connectivity index (χ4n) is 3.40. The summed E-state index contributed by atoms with van der Waals surface area (Å²) < 4.78 is 61.9. The molecule has 0 amide bonds. The molecule has 0 bridgehead atoms. The van der Waals surface area contributed by atoms with Crippen molar-refractivity contribution < 1.29 is 60.2 Å². The molecule has 1 heterocycles. The van der Waals surface area contributed by atoms with Crippen molar-refractivity contribution in [2.24, 2.45) is 0 Å². The second-order valence-corrected chi connectivity index (χ2v) is 9.64. The normalized spacial score (nSPS) is 23.5. The SMILES string of the molecule is CC(=O)OCC1O[C@@H](OCCOS(=O)(=O)c2ccc(C)cc2)C(OC(C)=O)C(OC(C)=O)[C@H]1OC(C)=O. The Morgan fingerprint density at radius 1 is 0.784 bits per heavy atom. The lowest BCUT2D eigenvalue weighted by Crippen LogP contribution is -2.63. The van der Waals surface area contributed by atoms with E-state index in [4.69, 9.17) is 32.6 Å². The van der Waals surface area contributed by atoms with E-state index in [0.717, 1.165) is 33.3 Å². The molecule has 1 aromatic rings. The molecule has 1 saturated heterocycles. The number of carbonyl (C=O) groups is 4. The van der Waals surface area contributed by atoms with Crippen LogP contribution in [0, 0.1) is 6.92 Å². The van der Waals surface area contributed by atoms with Crippen molar-refractivity contribution in [3.8, 4) is 0 Å². The van der Waals surface area contributed by atoms with E-state index in [1.165, 1.54) is 12.1 Å². The van der Waals surface area contributed by atoms with Crippen LogP contribution in [0.4, 0.5) is 0 Å². The summed E-state index contributed by atoms with van der Waals surface area (Å²) in [4.78, 5) is 46.7. The lowest BCUT2D eigenvalue weighted by atomic mass is 9.98. The molecule has 1 aromatic carbocycles. The third-order valence-corrected chi connectivity index (χ3v) is 6.19. The van der Waals surface area contributed by atoms with Crippen LogP contribution in [0.2, 0.25) is 0 Å². The minimum Gasteiger partial charge on any atom is -0.463 e. The quantitative estimate of drug-likeness (QED) is 0.166. The van der Waals surface area contributed by atoms with Gasteiger partial charge in [0.15, 0.2) is 24.6 Å². The molecule has 14 heteroatoms. The molecule has 0 aromatic heterocycles. The van der Waals surface area contributed by atoms with Gasteiger partial charge in [-0.3, -0.25) is 23.4 Å². The zero-order chi connectivity index (χ0) is 27.8. The van der Waals surface area contributed by atoms with E-state index in [1.54, 1.807) is 19.1 Å². The number of rotatable bonds is 11. The van der Waals surface area contributed by atoms with Crippen LogP contribution in [0.5, 0.6) is 0 Å². The van der Waals surface area contributed by atoms with Gasteiger partial charge in [0.05, 0.1) is 18.1 Å². The minimum absolute atomic E-state index is 0.0506. The second kappa shape index (κ2) is 13.5. The van der Waals surface area contributed by atoms with Gasteiger partial charge in [-0.2, -0.15) is 8.42 Å². The summed E-state index contributed by atoms with van der Waals surface area (Å²) in [5.41, 5.74) is 0.867. The number of esters is 4. The summed E-state index contributed by atoms with van der Waals surface area (Å²) in [6.45, 7) is 5.00. The van der Waals surface area contributed by atoms with Crippen LogP contribution in [0.25, 0.3) is 0 Å². The molecular weight excluding hydrogens is 516 g/mol. The molecule has 1 fully saturated rings. The second-order valence-electron chi connectivity index (χ2n) is 8.03. The van der Waals surface area contributed by atoms with Gasteiger partial charge in [0.2, 0.25) is 0 Å². The average molecular weight is 547 g/mol. The number of hydrogen-bond acceptors (Lipinski definition) is 13. The summed E-state index contributed by atoms with van der Waals surface area (Å²) in [7, 11) is -4.08. The molecule has 206 valence electrons. The number of benzene rings is 1. The molecule has 37 heavy (non-hydrogen) atoms. The molecule has 13 nitrogen and oxygen atoms in total. The predicted molar refractivity (Wildman–Crippen MR) is 122 cm³/mol. The highest BCUT2D eigenvalue weighted by atomic mass is 32.2. The fraction of sp³-hybridized carbons (Fsp3) is 0.565. The summed E-state index contributed by atoms with van der Waals surface area (Å²) in [6.07, 6.45) is -6.78. The minimum atomic E-state index is -4.08. The van der Waals surface area contributed by atoms with Gasteiger partial charge < -0.3 is 28.4 Å². The van der Waals surface area contributed by atoms with E-state index in [0.29, 0.717) is 0 Å². The zero-order valence-electron chi connectivity index (χ0n) is 21.0. The molecule has 5 atom stereocenters. The largest absolute Gasteiger partial charge is 0.463 e. The van der Waals surface area contributed by atoms with Crippen molar-refractivity contribution in [2.75, 3.05) is 19.8 Å². The smallest absolute Gasteiger partial charge is 0.303 e. The standard InChI is InChI=1S/C23H30O13S/c1-13-6-8-18(9-7-13)37(28,29)32-11-10-30-23-22(35-17(5)27)21(34-16(4)26)20(33-15(3)25)19(36-23)12-31-14(2)24/h6-9,19-23H,10-12H2,1-5H3/t19?,20-,21?,22?,23+/m0/s1. The maximum Gasteiger partial charge on any atom is 0.303 e. The Morgan fingerprint density at radius 2 is 1.32 bits per heavy atom. The van der Waals surface area contributed by atoms with Crippen LogP contribution in [0.3, 0.4) is 0 Å². The van der Waals surface area contributed by atoms with Gasteiger partial charge in [0, 0.05) is 27.7 Å². The summed E-state index contributed by atoms with van der Waals surface area (Å²) in [5, 5.41) is 0. The Labute approximate surface area is 214 Å². The van der Waals surface area contributed by atoms with Crippen molar-refractivity contribution in [1.82, 2.24) is 0 Å². The summed E-state index contributed by atoms with van der Waals surface area (Å²) in [5.74, 6) is -3.02. The van der Waals surface area contributed by atoms with Crippen molar-refractivity contribution >= 4 is 34.0 Å². The maximum atomic E-state index is 12.4. The number of carbonyl (C=O) groups excluding carboxylic acids is 4. The fourth-order valence-corrected chi connectivity index (χ4v) is 4.30. The highest BCUT2D eigenvalue weighted by Gasteiger charge is 2.52. The lowest BCUT2D eigenvalue weighted by molar-refractivity contribution is -0.308. The molecule has 0 N–H and O–H groups in total. The van der Waals surface area contributed by atoms with Gasteiger partial charge in [-0.1, -0.05) is 17.7 Å². The molecule has 1 aliphatic heterocycles. The van der Waals surface area contributed by atoms with Crippen LogP contribution in [-0.4, -0.2) is 82.8 Å². The predicted octanol–water partition coefficient (Wildman–Crippen LogP) is 0.800. The van der Waals surface area contributed by atoms with E-state index in [9.17, 15) is 27.6 Å². The first-order valence-corrected chi connectivity index (χ1v) is 12.6. The van der Waals surface area contributed by atoms with Gasteiger partial charge in [0.1, 0.15) is 12.7 Å². The first-order valence-electron chi connectivity index (χ1n) is 11.2. The van der Waals surface area contributed by atoms with Gasteiger partial charge in [-0.15, -0.1) is 0 Å². The Morgan fingerprint density at radius 3 is 1.86 bits per heavy atom. The van der Waals surface area contributed by atoms with Gasteiger partial charge in [-0.25, -0.2) is 0 Å². The van der Waals surface area contributed by atoms with Crippen LogP contribution in [0.1, 0.15) is 33.3 Å². The number of hydrogen-bond donors (Lipinski definition) is 0. The van der Waals surface area contributed by atoms with E-state index in [2.05, 4.69) is 0 Å². The summed E-state index contributed by atoms with van der Waals surface area (Å²) >= 11 is 0. The molecule has 3 unspecified atom stereocenters. The Bertz CT molecular complexity index is 1070. The van der Waals surface area contributed by atoms with E-state index >= 15 is 0 Å². The van der Waals surface area contributed by atoms with Gasteiger partial charge >= 0.3 is 23.9 Å². The molecule has 0 aliphatic carbocycles. The van der Waals surface area contributed by atoms with E-state index < -0.39 is 77.9 Å². The Hall–Kier alpha value is -3.07. The third-order valence-electron chi connectivity index (χ3n) is 4.86. The van der Waals surface area contributed by atoms with Crippen molar-refractivity contribution in [2.45, 2.75) is 70.2 Å². The van der Waals surface area contributed by atoms with E-state index in [1.807, 2.05) is 0 Å². The lowest BCUT2D eigenvalue weighted by Gasteiger charge is -2.44. The number of ether oxygens (including phenoxy) is 6. The third kappa shape index (κ3) is 9.39. The molecule has 0 saturated carbocycles. The number of aryl methyl sites for hydroxylation is 1. The monoisotopic (exact) mass is 546 g/mol. The maximum absolute atomic E-state index is 12.4. The topological polar surface area (TPSA) is 167 Å². The van der Waals surface area contributed by atoms with E-state index in [-0.39, 0.29) is 11.5 Å². The van der Waals surface area contributed by atoms with Crippen molar-refractivity contribution in [1.29, 1.82) is 0 Å².